The van der Waals surface area contributed by atoms with Crippen LogP contribution in [0.25, 0.3) is 64.6 Å². The van der Waals surface area contributed by atoms with Gasteiger partial charge in [0, 0.05) is 0 Å². The predicted molar refractivity (Wildman–Crippen MR) is 172 cm³/mol. The summed E-state index contributed by atoms with van der Waals surface area (Å²) in [5.41, 5.74) is 5.52. The van der Waals surface area contributed by atoms with Crippen molar-refractivity contribution in [2.24, 2.45) is 0 Å². The molecule has 0 aromatic heterocycles. The van der Waals surface area contributed by atoms with Gasteiger partial charge in [-0.25, -0.2) is 0 Å². The first kappa shape index (κ1) is 21.9. The van der Waals surface area contributed by atoms with E-state index < -0.39 is 0 Å². The Kier molecular flexibility index (Phi) is 4.54. The molecular formula is C40H26. The van der Waals surface area contributed by atoms with Crippen molar-refractivity contribution in [3.05, 3.63) is 156 Å². The highest BCUT2D eigenvalue weighted by molar-refractivity contribution is 6.24. The van der Waals surface area contributed by atoms with Crippen LogP contribution in [0.5, 0.6) is 0 Å². The zero-order chi connectivity index (χ0) is 26.2. The molecule has 0 spiro atoms. The molecule has 9 aromatic carbocycles. The lowest BCUT2D eigenvalue weighted by Crippen LogP contribution is -1.95. The Labute approximate surface area is 232 Å². The van der Waals surface area contributed by atoms with E-state index in [1.165, 1.54) is 86.9 Å². The Hall–Kier alpha value is -4.94. The van der Waals surface area contributed by atoms with E-state index >= 15 is 0 Å². The molecule has 0 aliphatic heterocycles. The lowest BCUT2D eigenvalue weighted by molar-refractivity contribution is 1.16. The fourth-order valence-electron chi connectivity index (χ4n) is 7.19. The SMILES string of the molecule is c1cc(Cc2ccc3ccc4cccc5ccc2c3c45)cc(Cc2ccc3ccc4cccc5ccc2c3c45)c1. The lowest BCUT2D eigenvalue weighted by Gasteiger charge is -2.15. The minimum Gasteiger partial charge on any atom is -0.0617 e. The van der Waals surface area contributed by atoms with Gasteiger partial charge in [-0.05, 0) is 99.7 Å². The standard InChI is InChI=1S/C40H26/c1-4-25(23-33-16-14-31-12-10-27-6-2-8-29-18-20-35(33)39(31)37(27)29)22-26(5-1)24-34-17-15-32-13-11-28-7-3-9-30-19-21-36(34)40(32)38(28)30/h1-22H,23-24H2. The van der Waals surface area contributed by atoms with E-state index in [0.29, 0.717) is 0 Å². The van der Waals surface area contributed by atoms with E-state index in [1.54, 1.807) is 0 Å². The fraction of sp³-hybridized carbons (Fsp3) is 0.0500. The van der Waals surface area contributed by atoms with Gasteiger partial charge < -0.3 is 0 Å². The summed E-state index contributed by atoms with van der Waals surface area (Å²) in [5, 5.41) is 16.3. The number of hydrogen-bond donors (Lipinski definition) is 0. The molecule has 186 valence electrons. The molecule has 40 heavy (non-hydrogen) atoms. The molecule has 0 fully saturated rings. The van der Waals surface area contributed by atoms with Crippen molar-refractivity contribution in [2.45, 2.75) is 12.8 Å². The van der Waals surface area contributed by atoms with Gasteiger partial charge in [0.1, 0.15) is 0 Å². The second-order valence-electron chi connectivity index (χ2n) is 11.3. The molecule has 0 saturated heterocycles. The lowest BCUT2D eigenvalue weighted by atomic mass is 9.89. The van der Waals surface area contributed by atoms with Gasteiger partial charge in [0.15, 0.2) is 0 Å². The fourth-order valence-corrected chi connectivity index (χ4v) is 7.19. The molecule has 0 aliphatic carbocycles. The van der Waals surface area contributed by atoms with E-state index in [1.807, 2.05) is 0 Å². The first-order chi connectivity index (χ1) is 19.8. The quantitative estimate of drug-likeness (QED) is 0.208. The Morgan fingerprint density at radius 1 is 0.300 bits per heavy atom. The van der Waals surface area contributed by atoms with Crippen LogP contribution in [0.1, 0.15) is 22.3 Å². The Bertz CT molecular complexity index is 2180. The maximum absolute atomic E-state index is 2.41. The third kappa shape index (κ3) is 3.20. The highest BCUT2D eigenvalue weighted by Gasteiger charge is 2.13. The molecule has 0 unspecified atom stereocenters. The Balaban J connectivity index is 1.12. The van der Waals surface area contributed by atoms with E-state index in [2.05, 4.69) is 133 Å². The van der Waals surface area contributed by atoms with E-state index in [9.17, 15) is 0 Å². The number of benzene rings is 9. The van der Waals surface area contributed by atoms with Crippen LogP contribution in [0.3, 0.4) is 0 Å². The molecular weight excluding hydrogens is 480 g/mol. The summed E-state index contributed by atoms with van der Waals surface area (Å²) in [4.78, 5) is 0. The molecule has 9 rings (SSSR count). The van der Waals surface area contributed by atoms with Crippen LogP contribution in [-0.2, 0) is 12.8 Å². The highest BCUT2D eigenvalue weighted by Crippen LogP contribution is 2.38. The topological polar surface area (TPSA) is 0 Å². The molecule has 0 atom stereocenters. The summed E-state index contributed by atoms with van der Waals surface area (Å²) in [6, 6.07) is 50.0. The zero-order valence-electron chi connectivity index (χ0n) is 22.1. The van der Waals surface area contributed by atoms with Gasteiger partial charge in [-0.15, -0.1) is 0 Å². The highest BCUT2D eigenvalue weighted by atomic mass is 14.2. The zero-order valence-corrected chi connectivity index (χ0v) is 22.1. The van der Waals surface area contributed by atoms with Crippen molar-refractivity contribution in [2.75, 3.05) is 0 Å². The summed E-state index contributed by atoms with van der Waals surface area (Å²) < 4.78 is 0. The third-order valence-electron chi connectivity index (χ3n) is 9.02. The van der Waals surface area contributed by atoms with E-state index in [-0.39, 0.29) is 0 Å². The smallest absolute Gasteiger partial charge is 0.00195 e. The van der Waals surface area contributed by atoms with Gasteiger partial charge in [-0.1, -0.05) is 133 Å². The van der Waals surface area contributed by atoms with Gasteiger partial charge in [0.25, 0.3) is 0 Å². The van der Waals surface area contributed by atoms with Crippen LogP contribution in [-0.4, -0.2) is 0 Å². The Morgan fingerprint density at radius 3 is 1.10 bits per heavy atom. The van der Waals surface area contributed by atoms with Gasteiger partial charge in [0.05, 0.1) is 0 Å². The molecule has 0 nitrogen and oxygen atoms in total. The average Bonchev–Trinajstić information content (AvgIpc) is 3.00. The van der Waals surface area contributed by atoms with E-state index in [4.69, 9.17) is 0 Å². The summed E-state index contributed by atoms with van der Waals surface area (Å²) in [7, 11) is 0. The number of hydrogen-bond acceptors (Lipinski definition) is 0. The molecule has 0 bridgehead atoms. The second kappa shape index (κ2) is 8.28. The van der Waals surface area contributed by atoms with Crippen molar-refractivity contribution in [1.29, 1.82) is 0 Å². The average molecular weight is 507 g/mol. The molecule has 0 amide bonds. The molecule has 0 radical (unpaired) electrons. The molecule has 0 heterocycles. The van der Waals surface area contributed by atoms with Gasteiger partial charge >= 0.3 is 0 Å². The van der Waals surface area contributed by atoms with Crippen LogP contribution in [0.15, 0.2) is 133 Å². The summed E-state index contributed by atoms with van der Waals surface area (Å²) in [5.74, 6) is 0. The maximum atomic E-state index is 2.41. The van der Waals surface area contributed by atoms with Crippen molar-refractivity contribution in [1.82, 2.24) is 0 Å². The first-order valence-corrected chi connectivity index (χ1v) is 14.2. The normalized spacial score (nSPS) is 12.2. The Morgan fingerprint density at radius 2 is 0.650 bits per heavy atom. The molecule has 9 aromatic rings. The first-order valence-electron chi connectivity index (χ1n) is 14.2. The van der Waals surface area contributed by atoms with Crippen LogP contribution in [0, 0.1) is 0 Å². The van der Waals surface area contributed by atoms with Gasteiger partial charge in [-0.2, -0.15) is 0 Å². The van der Waals surface area contributed by atoms with Crippen LogP contribution in [0.2, 0.25) is 0 Å². The molecule has 0 aliphatic rings. The van der Waals surface area contributed by atoms with Crippen LogP contribution in [0.4, 0.5) is 0 Å². The van der Waals surface area contributed by atoms with Gasteiger partial charge in [0.2, 0.25) is 0 Å². The second-order valence-corrected chi connectivity index (χ2v) is 11.3. The van der Waals surface area contributed by atoms with E-state index in [0.717, 1.165) is 12.8 Å². The number of rotatable bonds is 4. The van der Waals surface area contributed by atoms with Crippen molar-refractivity contribution < 1.29 is 0 Å². The minimum absolute atomic E-state index is 0.931. The van der Waals surface area contributed by atoms with Crippen LogP contribution < -0.4 is 0 Å². The summed E-state index contributed by atoms with van der Waals surface area (Å²) in [6.45, 7) is 0. The van der Waals surface area contributed by atoms with Crippen molar-refractivity contribution >= 4 is 64.6 Å². The van der Waals surface area contributed by atoms with Gasteiger partial charge in [-0.3, -0.25) is 0 Å². The van der Waals surface area contributed by atoms with Crippen molar-refractivity contribution in [3.8, 4) is 0 Å². The molecule has 0 N–H and O–H groups in total. The molecule has 0 saturated carbocycles. The molecule has 0 heteroatoms. The minimum atomic E-state index is 0.931. The third-order valence-corrected chi connectivity index (χ3v) is 9.02. The maximum Gasteiger partial charge on any atom is -0.00195 e. The predicted octanol–water partition coefficient (Wildman–Crippen LogP) is 10.7. The summed E-state index contributed by atoms with van der Waals surface area (Å²) in [6.07, 6.45) is 1.86. The van der Waals surface area contributed by atoms with Crippen molar-refractivity contribution in [3.63, 3.8) is 0 Å². The largest absolute Gasteiger partial charge is 0.0617 e. The monoisotopic (exact) mass is 506 g/mol. The van der Waals surface area contributed by atoms with Crippen LogP contribution >= 0.6 is 0 Å². The summed E-state index contributed by atoms with van der Waals surface area (Å²) >= 11 is 0.